The molecule has 2 nitrogen and oxygen atoms in total. The van der Waals surface area contributed by atoms with Crippen LogP contribution in [0.1, 0.15) is 58.8 Å². The summed E-state index contributed by atoms with van der Waals surface area (Å²) in [4.78, 5) is 0. The maximum Gasteiger partial charge on any atom is 0.0661 e. The highest BCUT2D eigenvalue weighted by Crippen LogP contribution is 2.53. The smallest absolute Gasteiger partial charge is 0.0661 e. The van der Waals surface area contributed by atoms with Crippen molar-refractivity contribution < 1.29 is 4.74 Å². The van der Waals surface area contributed by atoms with E-state index >= 15 is 0 Å². The van der Waals surface area contributed by atoms with Crippen molar-refractivity contribution in [3.05, 3.63) is 0 Å². The lowest BCUT2D eigenvalue weighted by molar-refractivity contribution is -0.149. The van der Waals surface area contributed by atoms with Crippen LogP contribution >= 0.6 is 0 Å². The largest absolute Gasteiger partial charge is 0.378 e. The zero-order chi connectivity index (χ0) is 11.4. The van der Waals surface area contributed by atoms with Crippen LogP contribution in [0.25, 0.3) is 0 Å². The van der Waals surface area contributed by atoms with E-state index in [-0.39, 0.29) is 0 Å². The molecule has 0 radical (unpaired) electrons. The molecule has 0 aromatic carbocycles. The predicted octanol–water partition coefficient (Wildman–Crippen LogP) is 3.11. The normalized spacial score (nSPS) is 32.6. The molecule has 2 atom stereocenters. The fourth-order valence-electron chi connectivity index (χ4n) is 3.67. The summed E-state index contributed by atoms with van der Waals surface area (Å²) in [5, 5.41) is 3.74. The second-order valence-electron chi connectivity index (χ2n) is 5.48. The fourth-order valence-corrected chi connectivity index (χ4v) is 3.67. The lowest BCUT2D eigenvalue weighted by atomic mass is 9.55. The topological polar surface area (TPSA) is 21.3 Å². The molecular weight excluding hydrogens is 198 g/mol. The molecule has 0 amide bonds. The average Bonchev–Trinajstić information content (AvgIpc) is 2.34. The Bertz CT molecular complexity index is 211. The maximum atomic E-state index is 5.94. The van der Waals surface area contributed by atoms with E-state index in [1.165, 1.54) is 51.5 Å². The Balaban J connectivity index is 1.94. The SMILES string of the molecule is CCCN[C@H]1C[C@H](OCC)C12CCCCC2. The average molecular weight is 225 g/mol. The molecule has 0 unspecified atom stereocenters. The number of rotatable bonds is 5. The molecule has 2 aliphatic rings. The van der Waals surface area contributed by atoms with Gasteiger partial charge in [0.25, 0.3) is 0 Å². The van der Waals surface area contributed by atoms with Crippen LogP contribution in [0.15, 0.2) is 0 Å². The molecule has 2 rings (SSSR count). The Kier molecular flexibility index (Phi) is 4.26. The fraction of sp³-hybridized carbons (Fsp3) is 1.00. The van der Waals surface area contributed by atoms with Crippen molar-refractivity contribution in [2.24, 2.45) is 5.41 Å². The third-order valence-electron chi connectivity index (χ3n) is 4.58. The Hall–Kier alpha value is -0.0800. The van der Waals surface area contributed by atoms with Gasteiger partial charge in [-0.25, -0.2) is 0 Å². The summed E-state index contributed by atoms with van der Waals surface area (Å²) in [5.74, 6) is 0. The molecule has 0 saturated heterocycles. The van der Waals surface area contributed by atoms with Gasteiger partial charge in [0.05, 0.1) is 6.10 Å². The van der Waals surface area contributed by atoms with Crippen LogP contribution in [0.5, 0.6) is 0 Å². The van der Waals surface area contributed by atoms with Crippen molar-refractivity contribution in [2.75, 3.05) is 13.2 Å². The number of nitrogens with one attached hydrogen (secondary N) is 1. The minimum Gasteiger partial charge on any atom is -0.378 e. The second-order valence-corrected chi connectivity index (χ2v) is 5.48. The zero-order valence-electron chi connectivity index (χ0n) is 10.9. The van der Waals surface area contributed by atoms with Crippen molar-refractivity contribution in [1.29, 1.82) is 0 Å². The highest BCUT2D eigenvalue weighted by atomic mass is 16.5. The standard InChI is InChI=1S/C14H27NO/c1-3-10-15-12-11-13(16-4-2)14(12)8-6-5-7-9-14/h12-13,15H,3-11H2,1-2H3/t12-,13-/m0/s1. The monoisotopic (exact) mass is 225 g/mol. The van der Waals surface area contributed by atoms with Gasteiger partial charge >= 0.3 is 0 Å². The Morgan fingerprint density at radius 3 is 2.56 bits per heavy atom. The Morgan fingerprint density at radius 2 is 1.94 bits per heavy atom. The van der Waals surface area contributed by atoms with E-state index in [0.717, 1.165) is 12.6 Å². The van der Waals surface area contributed by atoms with Gasteiger partial charge in [-0.1, -0.05) is 26.2 Å². The molecule has 1 N–H and O–H groups in total. The first kappa shape index (κ1) is 12.4. The number of ether oxygens (including phenoxy) is 1. The molecule has 2 fully saturated rings. The van der Waals surface area contributed by atoms with Gasteiger partial charge < -0.3 is 10.1 Å². The summed E-state index contributed by atoms with van der Waals surface area (Å²) in [6.07, 6.45) is 10.1. The number of hydrogen-bond donors (Lipinski definition) is 1. The molecule has 0 aliphatic heterocycles. The summed E-state index contributed by atoms with van der Waals surface area (Å²) in [7, 11) is 0. The second kappa shape index (κ2) is 5.50. The quantitative estimate of drug-likeness (QED) is 0.776. The summed E-state index contributed by atoms with van der Waals surface area (Å²) in [6.45, 7) is 6.43. The summed E-state index contributed by atoms with van der Waals surface area (Å²) < 4.78 is 5.94. The van der Waals surface area contributed by atoms with Gasteiger partial charge in [-0.05, 0) is 39.2 Å². The van der Waals surface area contributed by atoms with Crippen LogP contribution in [0.3, 0.4) is 0 Å². The van der Waals surface area contributed by atoms with Crippen molar-refractivity contribution in [2.45, 2.75) is 70.9 Å². The van der Waals surface area contributed by atoms with Crippen LogP contribution < -0.4 is 5.32 Å². The Labute approximate surface area is 100 Å². The van der Waals surface area contributed by atoms with Crippen molar-refractivity contribution >= 4 is 0 Å². The van der Waals surface area contributed by atoms with E-state index in [9.17, 15) is 0 Å². The van der Waals surface area contributed by atoms with E-state index < -0.39 is 0 Å². The van der Waals surface area contributed by atoms with Crippen LogP contribution in [-0.2, 0) is 4.74 Å². The third-order valence-corrected chi connectivity index (χ3v) is 4.58. The molecule has 1 spiro atoms. The highest BCUT2D eigenvalue weighted by molar-refractivity contribution is 5.08. The first-order valence-corrected chi connectivity index (χ1v) is 7.18. The van der Waals surface area contributed by atoms with E-state index in [2.05, 4.69) is 19.2 Å². The minimum absolute atomic E-state index is 0.503. The van der Waals surface area contributed by atoms with Crippen LogP contribution in [-0.4, -0.2) is 25.3 Å². The van der Waals surface area contributed by atoms with Gasteiger partial charge in [0.1, 0.15) is 0 Å². The lowest BCUT2D eigenvalue weighted by Crippen LogP contribution is -2.64. The van der Waals surface area contributed by atoms with E-state index in [0.29, 0.717) is 11.5 Å². The van der Waals surface area contributed by atoms with Crippen LogP contribution in [0.4, 0.5) is 0 Å². The molecule has 0 aromatic heterocycles. The minimum atomic E-state index is 0.503. The summed E-state index contributed by atoms with van der Waals surface area (Å²) >= 11 is 0. The van der Waals surface area contributed by atoms with Gasteiger partial charge in [0.2, 0.25) is 0 Å². The van der Waals surface area contributed by atoms with Crippen molar-refractivity contribution in [1.82, 2.24) is 5.32 Å². The van der Waals surface area contributed by atoms with Gasteiger partial charge in [0, 0.05) is 18.1 Å². The lowest BCUT2D eigenvalue weighted by Gasteiger charge is -2.58. The molecule has 2 saturated carbocycles. The number of hydrogen-bond acceptors (Lipinski definition) is 2. The molecule has 0 heterocycles. The van der Waals surface area contributed by atoms with Gasteiger partial charge in [0.15, 0.2) is 0 Å². The van der Waals surface area contributed by atoms with Crippen molar-refractivity contribution in [3.63, 3.8) is 0 Å². The summed E-state index contributed by atoms with van der Waals surface area (Å²) in [5.41, 5.74) is 0.503. The highest BCUT2D eigenvalue weighted by Gasteiger charge is 2.55. The third kappa shape index (κ3) is 2.14. The van der Waals surface area contributed by atoms with E-state index in [1.807, 2.05) is 0 Å². The van der Waals surface area contributed by atoms with Gasteiger partial charge in [-0.2, -0.15) is 0 Å². The van der Waals surface area contributed by atoms with E-state index in [1.54, 1.807) is 0 Å². The first-order valence-electron chi connectivity index (χ1n) is 7.18. The van der Waals surface area contributed by atoms with Crippen LogP contribution in [0, 0.1) is 5.41 Å². The molecule has 2 heteroatoms. The Morgan fingerprint density at radius 1 is 1.19 bits per heavy atom. The van der Waals surface area contributed by atoms with Crippen molar-refractivity contribution in [3.8, 4) is 0 Å². The molecular formula is C14H27NO. The maximum absolute atomic E-state index is 5.94. The predicted molar refractivity (Wildman–Crippen MR) is 67.6 cm³/mol. The van der Waals surface area contributed by atoms with Gasteiger partial charge in [-0.15, -0.1) is 0 Å². The zero-order valence-corrected chi connectivity index (χ0v) is 10.9. The van der Waals surface area contributed by atoms with Crippen LogP contribution in [0.2, 0.25) is 0 Å². The molecule has 0 aromatic rings. The van der Waals surface area contributed by atoms with E-state index in [4.69, 9.17) is 4.74 Å². The summed E-state index contributed by atoms with van der Waals surface area (Å²) in [6, 6.07) is 0.740. The molecule has 94 valence electrons. The molecule has 2 aliphatic carbocycles. The first-order chi connectivity index (χ1) is 7.83. The van der Waals surface area contributed by atoms with Gasteiger partial charge in [-0.3, -0.25) is 0 Å². The molecule has 16 heavy (non-hydrogen) atoms. The molecule has 0 bridgehead atoms.